The molecule has 0 unspecified atom stereocenters. The highest BCUT2D eigenvalue weighted by Crippen LogP contribution is 2.39. The third-order valence-corrected chi connectivity index (χ3v) is 3.74. The minimum atomic E-state index is -0.678. The van der Waals surface area contributed by atoms with Crippen LogP contribution in [0.15, 0.2) is 0 Å². The van der Waals surface area contributed by atoms with E-state index in [9.17, 15) is 9.90 Å². The number of hydrogen-bond acceptors (Lipinski definition) is 2. The Morgan fingerprint density at radius 3 is 2.24 bits per heavy atom. The number of carbonyl (C=O) groups excluding carboxylic acids is 1. The van der Waals surface area contributed by atoms with Crippen LogP contribution >= 0.6 is 0 Å². The van der Waals surface area contributed by atoms with Crippen molar-refractivity contribution in [1.29, 1.82) is 0 Å². The van der Waals surface area contributed by atoms with Gasteiger partial charge in [0.1, 0.15) is 0 Å². The van der Waals surface area contributed by atoms with Crippen LogP contribution in [0, 0.1) is 11.3 Å². The molecule has 0 aromatic rings. The standard InChI is InChI=1S/C14H27NO2/c1-11(2)9-12(16)15-10-14(17)7-5-13(3,4)6-8-14/h11,17H,5-10H2,1-4H3,(H,15,16). The molecular weight excluding hydrogens is 214 g/mol. The summed E-state index contributed by atoms with van der Waals surface area (Å²) in [6.07, 6.45) is 4.19. The van der Waals surface area contributed by atoms with Gasteiger partial charge in [0.25, 0.3) is 0 Å². The first kappa shape index (κ1) is 14.5. The van der Waals surface area contributed by atoms with Crippen molar-refractivity contribution >= 4 is 5.91 Å². The van der Waals surface area contributed by atoms with Gasteiger partial charge >= 0.3 is 0 Å². The third-order valence-electron chi connectivity index (χ3n) is 3.74. The molecule has 0 heterocycles. The molecule has 1 rings (SSSR count). The predicted octanol–water partition coefficient (Wildman–Crippen LogP) is 2.48. The van der Waals surface area contributed by atoms with Crippen molar-refractivity contribution in [3.05, 3.63) is 0 Å². The Bertz CT molecular complexity index is 261. The van der Waals surface area contributed by atoms with Gasteiger partial charge in [0.2, 0.25) is 5.91 Å². The molecule has 0 bridgehead atoms. The minimum Gasteiger partial charge on any atom is -0.388 e. The van der Waals surface area contributed by atoms with Gasteiger partial charge in [0, 0.05) is 13.0 Å². The summed E-state index contributed by atoms with van der Waals surface area (Å²) in [5.41, 5.74) is -0.337. The summed E-state index contributed by atoms with van der Waals surface area (Å²) in [5, 5.41) is 13.2. The van der Waals surface area contributed by atoms with Crippen LogP contribution in [0.25, 0.3) is 0 Å². The molecule has 0 aromatic carbocycles. The van der Waals surface area contributed by atoms with E-state index in [2.05, 4.69) is 19.2 Å². The van der Waals surface area contributed by atoms with E-state index >= 15 is 0 Å². The van der Waals surface area contributed by atoms with Gasteiger partial charge in [0.15, 0.2) is 0 Å². The molecule has 100 valence electrons. The molecule has 0 aromatic heterocycles. The van der Waals surface area contributed by atoms with Crippen molar-refractivity contribution in [2.45, 2.75) is 65.4 Å². The van der Waals surface area contributed by atoms with E-state index in [1.165, 1.54) is 0 Å². The van der Waals surface area contributed by atoms with Crippen LogP contribution in [0.3, 0.4) is 0 Å². The Hall–Kier alpha value is -0.570. The maximum Gasteiger partial charge on any atom is 0.220 e. The van der Waals surface area contributed by atoms with Gasteiger partial charge in [-0.05, 0) is 37.0 Å². The smallest absolute Gasteiger partial charge is 0.220 e. The van der Waals surface area contributed by atoms with E-state index in [0.29, 0.717) is 24.3 Å². The van der Waals surface area contributed by atoms with Gasteiger partial charge in [-0.2, -0.15) is 0 Å². The molecule has 2 N–H and O–H groups in total. The van der Waals surface area contributed by atoms with E-state index < -0.39 is 5.60 Å². The molecule has 0 atom stereocenters. The Morgan fingerprint density at radius 2 is 1.76 bits per heavy atom. The molecule has 1 aliphatic carbocycles. The van der Waals surface area contributed by atoms with Crippen LogP contribution in [0.2, 0.25) is 0 Å². The lowest BCUT2D eigenvalue weighted by Crippen LogP contribution is -2.46. The maximum atomic E-state index is 11.5. The number of aliphatic hydroxyl groups is 1. The second kappa shape index (κ2) is 5.38. The quantitative estimate of drug-likeness (QED) is 0.794. The highest BCUT2D eigenvalue weighted by molar-refractivity contribution is 5.76. The Labute approximate surface area is 105 Å². The summed E-state index contributed by atoms with van der Waals surface area (Å²) in [4.78, 5) is 11.5. The monoisotopic (exact) mass is 241 g/mol. The van der Waals surface area contributed by atoms with Gasteiger partial charge in [-0.15, -0.1) is 0 Å². The summed E-state index contributed by atoms with van der Waals surface area (Å²) in [7, 11) is 0. The van der Waals surface area contributed by atoms with Crippen LogP contribution in [0.4, 0.5) is 0 Å². The molecule has 1 saturated carbocycles. The van der Waals surface area contributed by atoms with Gasteiger partial charge in [-0.25, -0.2) is 0 Å². The lowest BCUT2D eigenvalue weighted by Gasteiger charge is -2.40. The van der Waals surface area contributed by atoms with Gasteiger partial charge in [-0.1, -0.05) is 27.7 Å². The molecule has 1 aliphatic rings. The molecule has 17 heavy (non-hydrogen) atoms. The number of hydrogen-bond donors (Lipinski definition) is 2. The summed E-state index contributed by atoms with van der Waals surface area (Å²) < 4.78 is 0. The molecule has 1 amide bonds. The van der Waals surface area contributed by atoms with E-state index in [4.69, 9.17) is 0 Å². The minimum absolute atomic E-state index is 0.0539. The van der Waals surface area contributed by atoms with Crippen molar-refractivity contribution in [2.75, 3.05) is 6.54 Å². The Balaban J connectivity index is 2.34. The second-order valence-corrected chi connectivity index (χ2v) is 6.76. The lowest BCUT2D eigenvalue weighted by molar-refractivity contribution is -0.123. The fraction of sp³-hybridized carbons (Fsp3) is 0.929. The largest absolute Gasteiger partial charge is 0.388 e. The van der Waals surface area contributed by atoms with Crippen LogP contribution in [-0.4, -0.2) is 23.2 Å². The first-order valence-electron chi connectivity index (χ1n) is 6.72. The van der Waals surface area contributed by atoms with Gasteiger partial charge in [0.05, 0.1) is 5.60 Å². The van der Waals surface area contributed by atoms with E-state index in [-0.39, 0.29) is 5.91 Å². The number of carbonyl (C=O) groups is 1. The maximum absolute atomic E-state index is 11.5. The zero-order chi connectivity index (χ0) is 13.1. The van der Waals surface area contributed by atoms with E-state index in [1.807, 2.05) is 13.8 Å². The normalized spacial score (nSPS) is 22.5. The average molecular weight is 241 g/mol. The van der Waals surface area contributed by atoms with Gasteiger partial charge < -0.3 is 10.4 Å². The number of rotatable bonds is 4. The number of nitrogens with one attached hydrogen (secondary N) is 1. The van der Waals surface area contributed by atoms with Crippen LogP contribution in [0.5, 0.6) is 0 Å². The fourth-order valence-corrected chi connectivity index (χ4v) is 2.27. The summed E-state index contributed by atoms with van der Waals surface area (Å²) >= 11 is 0. The molecule has 3 heteroatoms. The highest BCUT2D eigenvalue weighted by atomic mass is 16.3. The first-order chi connectivity index (χ1) is 7.72. The van der Waals surface area contributed by atoms with Crippen molar-refractivity contribution in [3.63, 3.8) is 0 Å². The molecule has 0 aliphatic heterocycles. The molecule has 3 nitrogen and oxygen atoms in total. The van der Waals surface area contributed by atoms with Crippen molar-refractivity contribution in [3.8, 4) is 0 Å². The third kappa shape index (κ3) is 5.07. The lowest BCUT2D eigenvalue weighted by atomic mass is 9.71. The summed E-state index contributed by atoms with van der Waals surface area (Å²) in [6.45, 7) is 8.94. The topological polar surface area (TPSA) is 49.3 Å². The molecule has 1 fully saturated rings. The van der Waals surface area contributed by atoms with E-state index in [0.717, 1.165) is 25.7 Å². The molecular formula is C14H27NO2. The average Bonchev–Trinajstić information content (AvgIpc) is 2.20. The predicted molar refractivity (Wildman–Crippen MR) is 69.7 cm³/mol. The Kier molecular flexibility index (Phi) is 4.59. The zero-order valence-electron chi connectivity index (χ0n) is 11.7. The summed E-state index contributed by atoms with van der Waals surface area (Å²) in [5.74, 6) is 0.424. The molecule has 0 radical (unpaired) electrons. The van der Waals surface area contributed by atoms with Crippen LogP contribution in [-0.2, 0) is 4.79 Å². The second-order valence-electron chi connectivity index (χ2n) is 6.76. The van der Waals surface area contributed by atoms with Gasteiger partial charge in [-0.3, -0.25) is 4.79 Å². The van der Waals surface area contributed by atoms with Crippen molar-refractivity contribution < 1.29 is 9.90 Å². The zero-order valence-corrected chi connectivity index (χ0v) is 11.7. The molecule has 0 saturated heterocycles. The van der Waals surface area contributed by atoms with E-state index in [1.54, 1.807) is 0 Å². The van der Waals surface area contributed by atoms with Crippen LogP contribution < -0.4 is 5.32 Å². The van der Waals surface area contributed by atoms with Crippen LogP contribution in [0.1, 0.15) is 59.8 Å². The molecule has 0 spiro atoms. The van der Waals surface area contributed by atoms with Crippen molar-refractivity contribution in [1.82, 2.24) is 5.32 Å². The summed E-state index contributed by atoms with van der Waals surface area (Å²) in [6, 6.07) is 0. The fourth-order valence-electron chi connectivity index (χ4n) is 2.27. The first-order valence-corrected chi connectivity index (χ1v) is 6.72. The highest BCUT2D eigenvalue weighted by Gasteiger charge is 2.36. The van der Waals surface area contributed by atoms with Crippen molar-refractivity contribution in [2.24, 2.45) is 11.3 Å². The SMILES string of the molecule is CC(C)CC(=O)NCC1(O)CCC(C)(C)CC1. The number of amides is 1. The Morgan fingerprint density at radius 1 is 1.24 bits per heavy atom.